The van der Waals surface area contributed by atoms with Gasteiger partial charge in [0.2, 0.25) is 5.91 Å². The summed E-state index contributed by atoms with van der Waals surface area (Å²) < 4.78 is 0. The second-order valence-corrected chi connectivity index (χ2v) is 5.34. The molecule has 1 saturated carbocycles. The second-order valence-electron chi connectivity index (χ2n) is 5.34. The molecule has 1 saturated heterocycles. The summed E-state index contributed by atoms with van der Waals surface area (Å²) in [4.78, 5) is 14.0. The lowest BCUT2D eigenvalue weighted by atomic mass is 10.1. The van der Waals surface area contributed by atoms with Gasteiger partial charge < -0.3 is 10.6 Å². The van der Waals surface area contributed by atoms with Crippen LogP contribution in [-0.4, -0.2) is 49.1 Å². The molecule has 0 bridgehead atoms. The van der Waals surface area contributed by atoms with E-state index in [1.54, 1.807) is 0 Å². The molecule has 1 amide bonds. The molecule has 2 aliphatic rings. The third-order valence-electron chi connectivity index (χ3n) is 3.52. The first-order valence-electron chi connectivity index (χ1n) is 6.39. The zero-order valence-electron chi connectivity index (χ0n) is 10.3. The van der Waals surface area contributed by atoms with Gasteiger partial charge in [0.25, 0.3) is 0 Å². The lowest BCUT2D eigenvalue weighted by Crippen LogP contribution is -2.56. The maximum Gasteiger partial charge on any atom is 0.234 e. The topological polar surface area (TPSA) is 44.4 Å². The SMILES string of the molecule is CC1CN(CC(=O)NCC2CC2)C(C)CN1. The normalized spacial score (nSPS) is 31.4. The maximum absolute atomic E-state index is 11.7. The zero-order valence-corrected chi connectivity index (χ0v) is 10.3. The molecule has 0 aromatic rings. The lowest BCUT2D eigenvalue weighted by molar-refractivity contribution is -0.123. The molecule has 2 N–H and O–H groups in total. The number of carbonyl (C=O) groups is 1. The molecule has 0 aromatic carbocycles. The van der Waals surface area contributed by atoms with Gasteiger partial charge in [-0.25, -0.2) is 0 Å². The summed E-state index contributed by atoms with van der Waals surface area (Å²) in [6.07, 6.45) is 2.59. The first-order valence-corrected chi connectivity index (χ1v) is 6.39. The van der Waals surface area contributed by atoms with Crippen molar-refractivity contribution in [1.82, 2.24) is 15.5 Å². The van der Waals surface area contributed by atoms with Crippen molar-refractivity contribution >= 4 is 5.91 Å². The van der Waals surface area contributed by atoms with Gasteiger partial charge in [-0.05, 0) is 32.6 Å². The summed E-state index contributed by atoms with van der Waals surface area (Å²) >= 11 is 0. The van der Waals surface area contributed by atoms with Crippen LogP contribution >= 0.6 is 0 Å². The van der Waals surface area contributed by atoms with Crippen LogP contribution in [0.5, 0.6) is 0 Å². The van der Waals surface area contributed by atoms with E-state index in [4.69, 9.17) is 0 Å². The Bertz CT molecular complexity index is 253. The zero-order chi connectivity index (χ0) is 11.5. The van der Waals surface area contributed by atoms with Crippen LogP contribution in [0.1, 0.15) is 26.7 Å². The molecular weight excluding hydrogens is 202 g/mol. The molecular formula is C12H23N3O. The molecule has 4 nitrogen and oxygen atoms in total. The number of nitrogens with zero attached hydrogens (tertiary/aromatic N) is 1. The minimum absolute atomic E-state index is 0.188. The van der Waals surface area contributed by atoms with Crippen LogP contribution < -0.4 is 10.6 Å². The largest absolute Gasteiger partial charge is 0.355 e. The van der Waals surface area contributed by atoms with E-state index in [9.17, 15) is 4.79 Å². The Hall–Kier alpha value is -0.610. The van der Waals surface area contributed by atoms with Crippen molar-refractivity contribution in [3.8, 4) is 0 Å². The Kier molecular flexibility index (Phi) is 3.82. The van der Waals surface area contributed by atoms with Gasteiger partial charge in [-0.1, -0.05) is 0 Å². The number of nitrogens with one attached hydrogen (secondary N) is 2. The van der Waals surface area contributed by atoms with E-state index in [1.807, 2.05) is 0 Å². The minimum Gasteiger partial charge on any atom is -0.355 e. The van der Waals surface area contributed by atoms with Crippen molar-refractivity contribution in [2.45, 2.75) is 38.8 Å². The minimum atomic E-state index is 0.188. The Morgan fingerprint density at radius 2 is 2.19 bits per heavy atom. The second kappa shape index (κ2) is 5.15. The molecule has 16 heavy (non-hydrogen) atoms. The van der Waals surface area contributed by atoms with Gasteiger partial charge in [-0.3, -0.25) is 9.69 Å². The highest BCUT2D eigenvalue weighted by molar-refractivity contribution is 5.78. The van der Waals surface area contributed by atoms with Crippen molar-refractivity contribution in [3.05, 3.63) is 0 Å². The van der Waals surface area contributed by atoms with Crippen molar-refractivity contribution < 1.29 is 4.79 Å². The molecule has 1 aliphatic carbocycles. The summed E-state index contributed by atoms with van der Waals surface area (Å²) in [6, 6.07) is 0.954. The van der Waals surface area contributed by atoms with Gasteiger partial charge in [0.1, 0.15) is 0 Å². The van der Waals surface area contributed by atoms with E-state index < -0.39 is 0 Å². The van der Waals surface area contributed by atoms with Crippen LogP contribution in [-0.2, 0) is 4.79 Å². The van der Waals surface area contributed by atoms with E-state index in [0.29, 0.717) is 18.6 Å². The lowest BCUT2D eigenvalue weighted by Gasteiger charge is -2.36. The predicted molar refractivity (Wildman–Crippen MR) is 64.2 cm³/mol. The number of rotatable bonds is 4. The smallest absolute Gasteiger partial charge is 0.234 e. The van der Waals surface area contributed by atoms with Crippen molar-refractivity contribution in [1.29, 1.82) is 0 Å². The van der Waals surface area contributed by atoms with Gasteiger partial charge in [0.05, 0.1) is 6.54 Å². The van der Waals surface area contributed by atoms with Gasteiger partial charge in [-0.15, -0.1) is 0 Å². The fraction of sp³-hybridized carbons (Fsp3) is 0.917. The Balaban J connectivity index is 1.71. The maximum atomic E-state index is 11.7. The quantitative estimate of drug-likeness (QED) is 0.718. The van der Waals surface area contributed by atoms with Crippen LogP contribution in [0.4, 0.5) is 0 Å². The number of piperazine rings is 1. The molecule has 2 fully saturated rings. The monoisotopic (exact) mass is 225 g/mol. The van der Waals surface area contributed by atoms with E-state index in [2.05, 4.69) is 29.4 Å². The first kappa shape index (κ1) is 11.9. The molecule has 0 radical (unpaired) electrons. The number of amides is 1. The fourth-order valence-electron chi connectivity index (χ4n) is 2.14. The molecule has 0 spiro atoms. The summed E-state index contributed by atoms with van der Waals surface area (Å²) in [5.74, 6) is 0.955. The van der Waals surface area contributed by atoms with E-state index in [1.165, 1.54) is 12.8 Å². The van der Waals surface area contributed by atoms with E-state index in [-0.39, 0.29) is 5.91 Å². The molecule has 1 aliphatic heterocycles. The van der Waals surface area contributed by atoms with E-state index in [0.717, 1.165) is 25.6 Å². The molecule has 4 heteroatoms. The highest BCUT2D eigenvalue weighted by Gasteiger charge is 2.25. The molecule has 1 heterocycles. The predicted octanol–water partition coefficient (Wildman–Crippen LogP) is 0.195. The Morgan fingerprint density at radius 1 is 1.44 bits per heavy atom. The van der Waals surface area contributed by atoms with Gasteiger partial charge in [0, 0.05) is 31.7 Å². The number of hydrogen-bond donors (Lipinski definition) is 2. The third kappa shape index (κ3) is 3.46. The highest BCUT2D eigenvalue weighted by atomic mass is 16.2. The standard InChI is InChI=1S/C12H23N3O/c1-9-7-15(10(2)5-13-9)8-12(16)14-6-11-3-4-11/h9-11,13H,3-8H2,1-2H3,(H,14,16). The first-order chi connectivity index (χ1) is 7.65. The third-order valence-corrected chi connectivity index (χ3v) is 3.52. The Labute approximate surface area is 97.8 Å². The molecule has 92 valence electrons. The van der Waals surface area contributed by atoms with Crippen molar-refractivity contribution in [2.24, 2.45) is 5.92 Å². The van der Waals surface area contributed by atoms with Crippen LogP contribution in [0.2, 0.25) is 0 Å². The summed E-state index contributed by atoms with van der Waals surface area (Å²) in [5, 5.41) is 6.45. The van der Waals surface area contributed by atoms with Gasteiger partial charge in [0.15, 0.2) is 0 Å². The number of carbonyl (C=O) groups excluding carboxylic acids is 1. The Morgan fingerprint density at radius 3 is 2.88 bits per heavy atom. The average Bonchev–Trinajstić information content (AvgIpc) is 3.04. The van der Waals surface area contributed by atoms with Crippen molar-refractivity contribution in [2.75, 3.05) is 26.2 Å². The summed E-state index contributed by atoms with van der Waals surface area (Å²) in [6.45, 7) is 7.73. The van der Waals surface area contributed by atoms with Crippen molar-refractivity contribution in [3.63, 3.8) is 0 Å². The molecule has 0 aromatic heterocycles. The van der Waals surface area contributed by atoms with Gasteiger partial charge >= 0.3 is 0 Å². The molecule has 2 atom stereocenters. The molecule has 2 rings (SSSR count). The van der Waals surface area contributed by atoms with Crippen LogP contribution in [0.25, 0.3) is 0 Å². The van der Waals surface area contributed by atoms with Crippen LogP contribution in [0.15, 0.2) is 0 Å². The van der Waals surface area contributed by atoms with Gasteiger partial charge in [-0.2, -0.15) is 0 Å². The fourth-order valence-corrected chi connectivity index (χ4v) is 2.14. The van der Waals surface area contributed by atoms with Crippen LogP contribution in [0, 0.1) is 5.92 Å². The van der Waals surface area contributed by atoms with E-state index >= 15 is 0 Å². The summed E-state index contributed by atoms with van der Waals surface area (Å²) in [7, 11) is 0. The molecule has 2 unspecified atom stereocenters. The number of hydrogen-bond acceptors (Lipinski definition) is 3. The summed E-state index contributed by atoms with van der Waals surface area (Å²) in [5.41, 5.74) is 0. The average molecular weight is 225 g/mol. The van der Waals surface area contributed by atoms with Crippen LogP contribution in [0.3, 0.4) is 0 Å². The highest BCUT2D eigenvalue weighted by Crippen LogP contribution is 2.27.